The Kier molecular flexibility index (Phi) is 4.04. The molecule has 0 radical (unpaired) electrons. The molecule has 0 unspecified atom stereocenters. The third kappa shape index (κ3) is 4.65. The van der Waals surface area contributed by atoms with Crippen molar-refractivity contribution in [2.45, 2.75) is 0 Å². The number of carbonyl (C=O) groups is 2. The Hall–Kier alpha value is -2.86. The molecule has 0 aliphatic rings. The summed E-state index contributed by atoms with van der Waals surface area (Å²) < 4.78 is 0. The first kappa shape index (κ1) is 12.1. The van der Waals surface area contributed by atoms with Crippen molar-refractivity contribution in [3.63, 3.8) is 0 Å². The van der Waals surface area contributed by atoms with Crippen LogP contribution in [0.2, 0.25) is 0 Å². The fourth-order valence-electron chi connectivity index (χ4n) is 0.362. The third-order valence-electron chi connectivity index (χ3n) is 0.740. The van der Waals surface area contributed by atoms with Gasteiger partial charge in [-0.2, -0.15) is 15.4 Å². The minimum atomic E-state index is -1.74. The number of hydrogen-bond donors (Lipinski definition) is 2. The van der Waals surface area contributed by atoms with Crippen molar-refractivity contribution in [1.82, 2.24) is 10.5 Å². The molecule has 0 aromatic carbocycles. The molecule has 0 atom stereocenters. The van der Waals surface area contributed by atoms with Crippen LogP contribution in [0.25, 0.3) is 0 Å². The largest absolute Gasteiger partial charge is 0.374 e. The van der Waals surface area contributed by atoms with Crippen LogP contribution >= 0.6 is 0 Å². The van der Waals surface area contributed by atoms with Crippen molar-refractivity contribution >= 4 is 12.1 Å². The van der Waals surface area contributed by atoms with Crippen LogP contribution in [0.3, 0.4) is 0 Å². The molecular weight excluding hydrogens is 222 g/mol. The molecule has 13 heteroatoms. The minimum absolute atomic E-state index is 0.594. The first-order valence-corrected chi connectivity index (χ1v) is 2.88. The van der Waals surface area contributed by atoms with Gasteiger partial charge in [-0.3, -0.25) is 0 Å². The highest BCUT2D eigenvalue weighted by Crippen LogP contribution is 1.91. The number of nitrogens with zero attached hydrogens (tertiary/aromatic N) is 3. The number of nitrogens with two attached hydrogens (primary N) is 1. The highest BCUT2D eigenvalue weighted by Gasteiger charge is 2.24. The van der Waals surface area contributed by atoms with Crippen LogP contribution in [0.15, 0.2) is 0 Å². The van der Waals surface area contributed by atoms with E-state index in [-0.39, 0.29) is 0 Å². The van der Waals surface area contributed by atoms with Gasteiger partial charge in [-0.1, -0.05) is 5.06 Å². The standard InChI is InChI=1S/C2H3N5O8/c3-1(8)5(15-7(12)13)2(9)4-14-6(10)11/h(H2,3,8)(H,4,9). The Bertz CT molecular complexity index is 299. The number of rotatable bonds is 4. The molecule has 0 bridgehead atoms. The molecule has 0 saturated heterocycles. The van der Waals surface area contributed by atoms with Crippen LogP contribution in [-0.4, -0.2) is 27.3 Å². The molecule has 0 rings (SSSR count). The first-order chi connectivity index (χ1) is 6.84. The zero-order valence-corrected chi connectivity index (χ0v) is 6.68. The first-order valence-electron chi connectivity index (χ1n) is 2.88. The van der Waals surface area contributed by atoms with Crippen LogP contribution in [0, 0.1) is 20.2 Å². The molecule has 0 aliphatic heterocycles. The fraction of sp³-hybridized carbons (Fsp3) is 0. The molecule has 13 nitrogen and oxygen atoms in total. The zero-order chi connectivity index (χ0) is 12.0. The van der Waals surface area contributed by atoms with Gasteiger partial charge in [0.2, 0.25) is 0 Å². The van der Waals surface area contributed by atoms with Gasteiger partial charge in [-0.25, -0.2) is 9.59 Å². The number of urea groups is 2. The normalized spacial score (nSPS) is 8.53. The molecule has 3 N–H and O–H groups in total. The Morgan fingerprint density at radius 1 is 1.27 bits per heavy atom. The molecule has 4 amide bonds. The summed E-state index contributed by atoms with van der Waals surface area (Å²) in [7, 11) is 0. The average Bonchev–Trinajstić information content (AvgIpc) is 2.09. The van der Waals surface area contributed by atoms with Crippen molar-refractivity contribution in [3.05, 3.63) is 20.2 Å². The number of imide groups is 1. The van der Waals surface area contributed by atoms with E-state index in [0.29, 0.717) is 0 Å². The molecule has 0 heterocycles. The maximum Gasteiger partial charge on any atom is 0.374 e. The SMILES string of the molecule is NC(=O)N(O[N+](=O)[O-])C(=O)NO[N+](=O)[O-]. The van der Waals surface area contributed by atoms with Gasteiger partial charge < -0.3 is 5.73 Å². The minimum Gasteiger partial charge on any atom is -0.349 e. The number of nitrogens with one attached hydrogen (secondary N) is 1. The molecule has 0 spiro atoms. The number of hydroxylamine groups is 3. The van der Waals surface area contributed by atoms with Crippen molar-refractivity contribution < 1.29 is 29.6 Å². The summed E-state index contributed by atoms with van der Waals surface area (Å²) in [5.74, 6) is 0. The molecule has 0 fully saturated rings. The highest BCUT2D eigenvalue weighted by molar-refractivity contribution is 5.90. The van der Waals surface area contributed by atoms with Crippen molar-refractivity contribution in [1.29, 1.82) is 0 Å². The Labute approximate surface area is 79.4 Å². The molecular formula is C2H3N5O8. The Morgan fingerprint density at radius 2 is 1.80 bits per heavy atom. The van der Waals surface area contributed by atoms with Gasteiger partial charge in [0.05, 0.1) is 0 Å². The van der Waals surface area contributed by atoms with Gasteiger partial charge in [0.25, 0.3) is 0 Å². The van der Waals surface area contributed by atoms with E-state index >= 15 is 0 Å². The second-order valence-electron chi connectivity index (χ2n) is 1.66. The van der Waals surface area contributed by atoms with E-state index in [2.05, 4.69) is 15.6 Å². The van der Waals surface area contributed by atoms with Gasteiger partial charge in [0.1, 0.15) is 0 Å². The van der Waals surface area contributed by atoms with Crippen LogP contribution < -0.4 is 11.2 Å². The number of amides is 4. The predicted octanol–water partition coefficient (Wildman–Crippen LogP) is -1.68. The van der Waals surface area contributed by atoms with E-state index in [1.807, 2.05) is 0 Å². The second-order valence-corrected chi connectivity index (χ2v) is 1.66. The Morgan fingerprint density at radius 3 is 2.13 bits per heavy atom. The lowest BCUT2D eigenvalue weighted by Crippen LogP contribution is -2.47. The van der Waals surface area contributed by atoms with Crippen molar-refractivity contribution in [3.8, 4) is 0 Å². The van der Waals surface area contributed by atoms with Crippen LogP contribution in [0.5, 0.6) is 0 Å². The predicted molar refractivity (Wildman–Crippen MR) is 36.1 cm³/mol. The lowest BCUT2D eigenvalue weighted by Gasteiger charge is -2.12. The third-order valence-corrected chi connectivity index (χ3v) is 0.740. The van der Waals surface area contributed by atoms with Crippen LogP contribution in [0.4, 0.5) is 9.59 Å². The van der Waals surface area contributed by atoms with Gasteiger partial charge in [-0.05, 0) is 0 Å². The molecule has 0 aromatic rings. The van der Waals surface area contributed by atoms with Crippen molar-refractivity contribution in [2.75, 3.05) is 0 Å². The van der Waals surface area contributed by atoms with E-state index < -0.39 is 27.3 Å². The molecule has 84 valence electrons. The van der Waals surface area contributed by atoms with Gasteiger partial charge in [0, 0.05) is 0 Å². The maximum absolute atomic E-state index is 10.7. The van der Waals surface area contributed by atoms with Crippen LogP contribution in [-0.2, 0) is 9.88 Å². The molecule has 0 aliphatic carbocycles. The van der Waals surface area contributed by atoms with E-state index in [1.54, 1.807) is 0 Å². The van der Waals surface area contributed by atoms with E-state index in [0.717, 1.165) is 5.48 Å². The summed E-state index contributed by atoms with van der Waals surface area (Å²) in [6.45, 7) is 0. The number of hydrogen-bond acceptors (Lipinski definition) is 8. The summed E-state index contributed by atoms with van der Waals surface area (Å²) in [4.78, 5) is 47.0. The quantitative estimate of drug-likeness (QED) is 0.420. The van der Waals surface area contributed by atoms with Crippen molar-refractivity contribution in [2.24, 2.45) is 5.73 Å². The number of carbonyl (C=O) groups excluding carboxylic acids is 2. The fourth-order valence-corrected chi connectivity index (χ4v) is 0.362. The molecule has 15 heavy (non-hydrogen) atoms. The van der Waals surface area contributed by atoms with Crippen LogP contribution in [0.1, 0.15) is 0 Å². The van der Waals surface area contributed by atoms with Gasteiger partial charge >= 0.3 is 22.2 Å². The zero-order valence-electron chi connectivity index (χ0n) is 6.68. The molecule has 0 saturated carbocycles. The second kappa shape index (κ2) is 5.00. The average molecular weight is 225 g/mol. The topological polar surface area (TPSA) is 180 Å². The molecule has 0 aromatic heterocycles. The summed E-state index contributed by atoms with van der Waals surface area (Å²) in [5.41, 5.74) is 5.49. The lowest BCUT2D eigenvalue weighted by atomic mass is 10.9. The summed E-state index contributed by atoms with van der Waals surface area (Å²) in [6, 6.07) is -3.41. The monoisotopic (exact) mass is 225 g/mol. The van der Waals surface area contributed by atoms with Gasteiger partial charge in [0.15, 0.2) is 0 Å². The summed E-state index contributed by atoms with van der Waals surface area (Å²) >= 11 is 0. The smallest absolute Gasteiger partial charge is 0.349 e. The maximum atomic E-state index is 10.7. The number of primary amides is 1. The summed E-state index contributed by atoms with van der Waals surface area (Å²) in [5, 5.41) is 15.7. The van der Waals surface area contributed by atoms with E-state index in [4.69, 9.17) is 0 Å². The summed E-state index contributed by atoms with van der Waals surface area (Å²) in [6.07, 6.45) is 0. The Balaban J connectivity index is 4.36. The van der Waals surface area contributed by atoms with E-state index in [1.165, 1.54) is 0 Å². The van der Waals surface area contributed by atoms with Gasteiger partial charge in [-0.15, -0.1) is 20.2 Å². The highest BCUT2D eigenvalue weighted by atomic mass is 17.0. The lowest BCUT2D eigenvalue weighted by molar-refractivity contribution is -0.799. The van der Waals surface area contributed by atoms with E-state index in [9.17, 15) is 29.8 Å².